The van der Waals surface area contributed by atoms with Gasteiger partial charge in [0.1, 0.15) is 0 Å². The van der Waals surface area contributed by atoms with Gasteiger partial charge in [-0.2, -0.15) is 0 Å². The third-order valence-corrected chi connectivity index (χ3v) is 4.03. The van der Waals surface area contributed by atoms with Crippen LogP contribution < -0.4 is 5.32 Å². The Bertz CT molecular complexity index is 293. The smallest absolute Gasteiger partial charge is 0.239 e. The van der Waals surface area contributed by atoms with E-state index in [9.17, 15) is 4.79 Å². The fourth-order valence-electron chi connectivity index (χ4n) is 3.17. The Morgan fingerprint density at radius 1 is 1.33 bits per heavy atom. The second-order valence-electron chi connectivity index (χ2n) is 6.22. The number of piperidine rings is 1. The minimum absolute atomic E-state index is 0.0536. The molecule has 2 fully saturated rings. The van der Waals surface area contributed by atoms with Gasteiger partial charge in [0.25, 0.3) is 0 Å². The lowest BCUT2D eigenvalue weighted by Gasteiger charge is -2.35. The molecule has 18 heavy (non-hydrogen) atoms. The molecule has 0 aromatic rings. The van der Waals surface area contributed by atoms with E-state index in [0.717, 1.165) is 32.5 Å². The molecule has 0 aliphatic carbocycles. The van der Waals surface area contributed by atoms with Crippen molar-refractivity contribution in [2.75, 3.05) is 33.2 Å². The van der Waals surface area contributed by atoms with Gasteiger partial charge in [-0.25, -0.2) is 0 Å². The molecule has 0 spiro atoms. The van der Waals surface area contributed by atoms with Gasteiger partial charge in [-0.1, -0.05) is 13.8 Å². The standard InChI is InChI=1S/C14H27N3O/c1-11(2)15-13-5-4-7-17(14(13)18)10-12-6-8-16(3)9-12/h11-13,15H,4-10H2,1-3H3. The number of likely N-dealkylation sites (tertiary alicyclic amines) is 2. The predicted molar refractivity (Wildman–Crippen MR) is 73.5 cm³/mol. The molecule has 0 bridgehead atoms. The number of nitrogens with one attached hydrogen (secondary N) is 1. The molecule has 4 heteroatoms. The fourth-order valence-corrected chi connectivity index (χ4v) is 3.17. The first-order valence-electron chi connectivity index (χ1n) is 7.29. The zero-order valence-corrected chi connectivity index (χ0v) is 12.0. The molecule has 0 aromatic heterocycles. The maximum absolute atomic E-state index is 12.4. The first-order valence-corrected chi connectivity index (χ1v) is 7.29. The van der Waals surface area contributed by atoms with Crippen molar-refractivity contribution < 1.29 is 4.79 Å². The van der Waals surface area contributed by atoms with Crippen molar-refractivity contribution in [3.05, 3.63) is 0 Å². The molecule has 2 heterocycles. The van der Waals surface area contributed by atoms with Gasteiger partial charge in [0, 0.05) is 25.7 Å². The zero-order chi connectivity index (χ0) is 13.1. The Labute approximate surface area is 111 Å². The number of hydrogen-bond donors (Lipinski definition) is 1. The highest BCUT2D eigenvalue weighted by atomic mass is 16.2. The van der Waals surface area contributed by atoms with Crippen molar-refractivity contribution in [2.45, 2.75) is 45.2 Å². The highest BCUT2D eigenvalue weighted by molar-refractivity contribution is 5.82. The zero-order valence-electron chi connectivity index (χ0n) is 12.0. The number of carbonyl (C=O) groups is 1. The normalized spacial score (nSPS) is 30.4. The molecule has 2 aliphatic heterocycles. The molecule has 2 unspecified atom stereocenters. The van der Waals surface area contributed by atoms with Crippen molar-refractivity contribution in [1.29, 1.82) is 0 Å². The van der Waals surface area contributed by atoms with E-state index >= 15 is 0 Å². The summed E-state index contributed by atoms with van der Waals surface area (Å²) in [5.74, 6) is 1.00. The van der Waals surface area contributed by atoms with Crippen molar-refractivity contribution in [3.8, 4) is 0 Å². The summed E-state index contributed by atoms with van der Waals surface area (Å²) in [6.07, 6.45) is 3.37. The molecule has 4 nitrogen and oxygen atoms in total. The van der Waals surface area contributed by atoms with Crippen LogP contribution in [0.15, 0.2) is 0 Å². The van der Waals surface area contributed by atoms with Crippen molar-refractivity contribution in [1.82, 2.24) is 15.1 Å². The Kier molecular flexibility index (Phi) is 4.62. The van der Waals surface area contributed by atoms with E-state index in [1.54, 1.807) is 0 Å². The summed E-state index contributed by atoms with van der Waals surface area (Å²) in [5.41, 5.74) is 0. The summed E-state index contributed by atoms with van der Waals surface area (Å²) in [7, 11) is 2.17. The van der Waals surface area contributed by atoms with Gasteiger partial charge in [0.2, 0.25) is 5.91 Å². The average Bonchev–Trinajstić information content (AvgIpc) is 2.69. The SMILES string of the molecule is CC(C)NC1CCCN(CC2CCN(C)C2)C1=O. The molecular weight excluding hydrogens is 226 g/mol. The molecule has 0 radical (unpaired) electrons. The Morgan fingerprint density at radius 3 is 2.72 bits per heavy atom. The lowest BCUT2D eigenvalue weighted by Crippen LogP contribution is -2.53. The Balaban J connectivity index is 1.86. The Morgan fingerprint density at radius 2 is 2.11 bits per heavy atom. The predicted octanol–water partition coefficient (Wildman–Crippen LogP) is 0.927. The third-order valence-electron chi connectivity index (χ3n) is 4.03. The van der Waals surface area contributed by atoms with E-state index in [2.05, 4.69) is 36.0 Å². The third kappa shape index (κ3) is 3.45. The van der Waals surface area contributed by atoms with Gasteiger partial charge in [0.15, 0.2) is 0 Å². The topological polar surface area (TPSA) is 35.6 Å². The van der Waals surface area contributed by atoms with Gasteiger partial charge in [0.05, 0.1) is 6.04 Å². The quantitative estimate of drug-likeness (QED) is 0.809. The van der Waals surface area contributed by atoms with Crippen molar-refractivity contribution in [2.24, 2.45) is 5.92 Å². The minimum Gasteiger partial charge on any atom is -0.341 e. The second kappa shape index (κ2) is 6.02. The van der Waals surface area contributed by atoms with E-state index in [1.165, 1.54) is 13.0 Å². The highest BCUT2D eigenvalue weighted by Crippen LogP contribution is 2.19. The maximum Gasteiger partial charge on any atom is 0.239 e. The molecular formula is C14H27N3O. The second-order valence-corrected chi connectivity index (χ2v) is 6.22. The first kappa shape index (κ1) is 13.8. The van der Waals surface area contributed by atoms with Crippen LogP contribution in [0.2, 0.25) is 0 Å². The van der Waals surface area contributed by atoms with Gasteiger partial charge in [-0.15, -0.1) is 0 Å². The number of amides is 1. The molecule has 1 amide bonds. The molecule has 2 atom stereocenters. The minimum atomic E-state index is 0.0536. The molecule has 0 saturated carbocycles. The van der Waals surface area contributed by atoms with Crippen LogP contribution in [0.3, 0.4) is 0 Å². The van der Waals surface area contributed by atoms with Crippen molar-refractivity contribution in [3.63, 3.8) is 0 Å². The van der Waals surface area contributed by atoms with Crippen LogP contribution in [0.1, 0.15) is 33.1 Å². The molecule has 2 aliphatic rings. The number of hydrogen-bond acceptors (Lipinski definition) is 3. The average molecular weight is 253 g/mol. The monoisotopic (exact) mass is 253 g/mol. The molecule has 2 saturated heterocycles. The van der Waals surface area contributed by atoms with E-state index in [-0.39, 0.29) is 6.04 Å². The molecule has 0 aromatic carbocycles. The number of rotatable bonds is 4. The summed E-state index contributed by atoms with van der Waals surface area (Å²) in [6.45, 7) is 8.46. The van der Waals surface area contributed by atoms with Gasteiger partial charge in [-0.05, 0) is 38.8 Å². The number of nitrogens with zero attached hydrogens (tertiary/aromatic N) is 2. The van der Waals surface area contributed by atoms with Crippen LogP contribution in [-0.2, 0) is 4.79 Å². The van der Waals surface area contributed by atoms with Crippen LogP contribution in [-0.4, -0.2) is 61.0 Å². The highest BCUT2D eigenvalue weighted by Gasteiger charge is 2.31. The Hall–Kier alpha value is -0.610. The summed E-state index contributed by atoms with van der Waals surface area (Å²) in [4.78, 5) is 16.8. The van der Waals surface area contributed by atoms with Crippen LogP contribution in [0.4, 0.5) is 0 Å². The van der Waals surface area contributed by atoms with E-state index in [4.69, 9.17) is 0 Å². The van der Waals surface area contributed by atoms with E-state index < -0.39 is 0 Å². The van der Waals surface area contributed by atoms with Gasteiger partial charge in [-0.3, -0.25) is 4.79 Å². The largest absolute Gasteiger partial charge is 0.341 e. The first-order chi connectivity index (χ1) is 8.56. The lowest BCUT2D eigenvalue weighted by molar-refractivity contribution is -0.136. The van der Waals surface area contributed by atoms with Gasteiger partial charge >= 0.3 is 0 Å². The van der Waals surface area contributed by atoms with Gasteiger partial charge < -0.3 is 15.1 Å². The van der Waals surface area contributed by atoms with Crippen LogP contribution >= 0.6 is 0 Å². The number of carbonyl (C=O) groups excluding carboxylic acids is 1. The summed E-state index contributed by atoms with van der Waals surface area (Å²) in [5, 5.41) is 3.39. The molecule has 2 rings (SSSR count). The maximum atomic E-state index is 12.4. The van der Waals surface area contributed by atoms with Crippen molar-refractivity contribution >= 4 is 5.91 Å². The van der Waals surface area contributed by atoms with E-state index in [1.807, 2.05) is 0 Å². The lowest BCUT2D eigenvalue weighted by atomic mass is 10.0. The molecule has 104 valence electrons. The fraction of sp³-hybridized carbons (Fsp3) is 0.929. The summed E-state index contributed by atoms with van der Waals surface area (Å²) < 4.78 is 0. The van der Waals surface area contributed by atoms with Crippen LogP contribution in [0, 0.1) is 5.92 Å². The van der Waals surface area contributed by atoms with Crippen LogP contribution in [0.5, 0.6) is 0 Å². The molecule has 1 N–H and O–H groups in total. The van der Waals surface area contributed by atoms with Crippen LogP contribution in [0.25, 0.3) is 0 Å². The van der Waals surface area contributed by atoms with E-state index in [0.29, 0.717) is 17.9 Å². The summed E-state index contributed by atoms with van der Waals surface area (Å²) >= 11 is 0. The summed E-state index contributed by atoms with van der Waals surface area (Å²) in [6, 6.07) is 0.439.